The first-order valence-electron chi connectivity index (χ1n) is 6.10. The molecule has 0 bridgehead atoms. The lowest BCUT2D eigenvalue weighted by Gasteiger charge is -2.46. The molecule has 1 saturated carbocycles. The Hall–Kier alpha value is -0.570. The summed E-state index contributed by atoms with van der Waals surface area (Å²) in [6, 6.07) is 0.468. The third-order valence-corrected chi connectivity index (χ3v) is 3.82. The highest BCUT2D eigenvalue weighted by molar-refractivity contribution is 5.84. The van der Waals surface area contributed by atoms with Crippen molar-refractivity contribution in [3.8, 4) is 0 Å². The molecule has 0 aromatic carbocycles. The van der Waals surface area contributed by atoms with Gasteiger partial charge >= 0.3 is 0 Å². The van der Waals surface area contributed by atoms with Gasteiger partial charge in [-0.2, -0.15) is 0 Å². The first kappa shape index (κ1) is 10.9. The third kappa shape index (κ3) is 1.89. The van der Waals surface area contributed by atoms with Crippen LogP contribution in [0.25, 0.3) is 0 Å². The molecule has 0 radical (unpaired) electrons. The fourth-order valence-corrected chi connectivity index (χ4v) is 2.73. The monoisotopic (exact) mass is 210 g/mol. The summed E-state index contributed by atoms with van der Waals surface area (Å²) in [4.78, 5) is 14.3. The number of carbonyl (C=O) groups is 1. The molecule has 1 amide bonds. The van der Waals surface area contributed by atoms with E-state index < -0.39 is 0 Å². The summed E-state index contributed by atoms with van der Waals surface area (Å²) in [7, 11) is 0. The Kier molecular flexibility index (Phi) is 2.75. The summed E-state index contributed by atoms with van der Waals surface area (Å²) >= 11 is 0. The maximum atomic E-state index is 12.1. The average Bonchev–Trinajstić information content (AvgIpc) is 2.44. The zero-order valence-corrected chi connectivity index (χ0v) is 10.0. The van der Waals surface area contributed by atoms with E-state index in [-0.39, 0.29) is 11.6 Å². The van der Waals surface area contributed by atoms with E-state index in [1.54, 1.807) is 0 Å². The molecule has 1 unspecified atom stereocenters. The Morgan fingerprint density at radius 1 is 1.47 bits per heavy atom. The minimum atomic E-state index is 0.0717. The standard InChI is InChI=1S/C12H22N2O/c1-9(2)13-10-5-8-14(11(10)15)12(3)6-4-7-12/h9-10,13H,4-8H2,1-3H3. The van der Waals surface area contributed by atoms with Gasteiger partial charge in [-0.25, -0.2) is 0 Å². The van der Waals surface area contributed by atoms with Gasteiger partial charge in [-0.1, -0.05) is 13.8 Å². The number of hydrogen-bond donors (Lipinski definition) is 1. The molecule has 2 fully saturated rings. The number of likely N-dealkylation sites (tertiary alicyclic amines) is 1. The van der Waals surface area contributed by atoms with Crippen molar-refractivity contribution in [2.45, 2.75) is 64.1 Å². The van der Waals surface area contributed by atoms with Gasteiger partial charge in [-0.15, -0.1) is 0 Å². The van der Waals surface area contributed by atoms with Crippen LogP contribution >= 0.6 is 0 Å². The van der Waals surface area contributed by atoms with Gasteiger partial charge in [-0.05, 0) is 32.6 Å². The number of carbonyl (C=O) groups excluding carboxylic acids is 1. The molecular formula is C12H22N2O. The molecule has 2 aliphatic rings. The van der Waals surface area contributed by atoms with Crippen LogP contribution in [-0.2, 0) is 4.79 Å². The van der Waals surface area contributed by atoms with Crippen LogP contribution in [0.15, 0.2) is 0 Å². The summed E-state index contributed by atoms with van der Waals surface area (Å²) in [5, 5.41) is 3.35. The molecule has 1 N–H and O–H groups in total. The van der Waals surface area contributed by atoms with E-state index >= 15 is 0 Å². The predicted molar refractivity (Wildman–Crippen MR) is 60.6 cm³/mol. The topological polar surface area (TPSA) is 32.3 Å². The molecule has 86 valence electrons. The van der Waals surface area contributed by atoms with Crippen LogP contribution in [0.4, 0.5) is 0 Å². The first-order valence-corrected chi connectivity index (χ1v) is 6.10. The Labute approximate surface area is 92.2 Å². The van der Waals surface area contributed by atoms with Crippen molar-refractivity contribution in [3.63, 3.8) is 0 Å². The van der Waals surface area contributed by atoms with Gasteiger partial charge in [0, 0.05) is 18.1 Å². The smallest absolute Gasteiger partial charge is 0.240 e. The lowest BCUT2D eigenvalue weighted by Crippen LogP contribution is -2.54. The fourth-order valence-electron chi connectivity index (χ4n) is 2.73. The van der Waals surface area contributed by atoms with Gasteiger partial charge in [0.05, 0.1) is 6.04 Å². The summed E-state index contributed by atoms with van der Waals surface area (Å²) < 4.78 is 0. The molecule has 3 nitrogen and oxygen atoms in total. The number of rotatable bonds is 3. The maximum absolute atomic E-state index is 12.1. The van der Waals surface area contributed by atoms with Crippen LogP contribution in [0, 0.1) is 0 Å². The molecular weight excluding hydrogens is 188 g/mol. The van der Waals surface area contributed by atoms with Crippen molar-refractivity contribution in [2.24, 2.45) is 0 Å². The van der Waals surface area contributed by atoms with Crippen molar-refractivity contribution in [1.29, 1.82) is 0 Å². The average molecular weight is 210 g/mol. The molecule has 0 aromatic rings. The van der Waals surface area contributed by atoms with E-state index in [9.17, 15) is 4.79 Å². The van der Waals surface area contributed by atoms with E-state index in [0.717, 1.165) is 13.0 Å². The highest BCUT2D eigenvalue weighted by atomic mass is 16.2. The largest absolute Gasteiger partial charge is 0.336 e. The van der Waals surface area contributed by atoms with Gasteiger partial charge in [-0.3, -0.25) is 4.79 Å². The fraction of sp³-hybridized carbons (Fsp3) is 0.917. The molecule has 0 aromatic heterocycles. The SMILES string of the molecule is CC(C)NC1CCN(C2(C)CCC2)C1=O. The lowest BCUT2D eigenvalue weighted by atomic mass is 9.77. The molecule has 0 spiro atoms. The second kappa shape index (κ2) is 3.78. The van der Waals surface area contributed by atoms with E-state index in [2.05, 4.69) is 31.0 Å². The van der Waals surface area contributed by atoms with Crippen molar-refractivity contribution < 1.29 is 4.79 Å². The Balaban J connectivity index is 1.98. The second-order valence-corrected chi connectivity index (χ2v) is 5.50. The van der Waals surface area contributed by atoms with Crippen LogP contribution < -0.4 is 5.32 Å². The van der Waals surface area contributed by atoms with Gasteiger partial charge in [0.1, 0.15) is 0 Å². The molecule has 1 atom stereocenters. The highest BCUT2D eigenvalue weighted by Crippen LogP contribution is 2.39. The summed E-state index contributed by atoms with van der Waals surface area (Å²) in [6.07, 6.45) is 4.63. The first-order chi connectivity index (χ1) is 7.03. The van der Waals surface area contributed by atoms with Crippen LogP contribution in [0.1, 0.15) is 46.5 Å². The number of amides is 1. The Morgan fingerprint density at radius 3 is 2.60 bits per heavy atom. The minimum Gasteiger partial charge on any atom is -0.336 e. The molecule has 3 heteroatoms. The summed E-state index contributed by atoms with van der Waals surface area (Å²) in [6.45, 7) is 7.37. The summed E-state index contributed by atoms with van der Waals surface area (Å²) in [5.74, 6) is 0.325. The maximum Gasteiger partial charge on any atom is 0.240 e. The van der Waals surface area contributed by atoms with E-state index in [4.69, 9.17) is 0 Å². The molecule has 1 saturated heterocycles. The number of nitrogens with one attached hydrogen (secondary N) is 1. The van der Waals surface area contributed by atoms with Crippen LogP contribution in [0.2, 0.25) is 0 Å². The summed E-state index contributed by atoms with van der Waals surface area (Å²) in [5.41, 5.74) is 0.185. The second-order valence-electron chi connectivity index (χ2n) is 5.50. The Morgan fingerprint density at radius 2 is 2.13 bits per heavy atom. The van der Waals surface area contributed by atoms with E-state index in [1.165, 1.54) is 19.3 Å². The van der Waals surface area contributed by atoms with Crippen LogP contribution in [0.5, 0.6) is 0 Å². The van der Waals surface area contributed by atoms with E-state index in [1.807, 2.05) is 0 Å². The van der Waals surface area contributed by atoms with E-state index in [0.29, 0.717) is 11.9 Å². The third-order valence-electron chi connectivity index (χ3n) is 3.82. The van der Waals surface area contributed by atoms with Crippen molar-refractivity contribution in [3.05, 3.63) is 0 Å². The van der Waals surface area contributed by atoms with Gasteiger partial charge < -0.3 is 10.2 Å². The lowest BCUT2D eigenvalue weighted by molar-refractivity contribution is -0.137. The molecule has 1 heterocycles. The minimum absolute atomic E-state index is 0.0717. The molecule has 2 rings (SSSR count). The zero-order valence-electron chi connectivity index (χ0n) is 10.0. The Bertz CT molecular complexity index is 258. The molecule has 1 aliphatic heterocycles. The highest BCUT2D eigenvalue weighted by Gasteiger charge is 2.45. The van der Waals surface area contributed by atoms with Crippen molar-refractivity contribution in [1.82, 2.24) is 10.2 Å². The molecule has 1 aliphatic carbocycles. The number of nitrogens with zero attached hydrogens (tertiary/aromatic N) is 1. The van der Waals surface area contributed by atoms with Crippen molar-refractivity contribution >= 4 is 5.91 Å². The van der Waals surface area contributed by atoms with Crippen LogP contribution in [-0.4, -0.2) is 35.0 Å². The van der Waals surface area contributed by atoms with Gasteiger partial charge in [0.2, 0.25) is 5.91 Å². The van der Waals surface area contributed by atoms with Gasteiger partial charge in [0.15, 0.2) is 0 Å². The quantitative estimate of drug-likeness (QED) is 0.766. The zero-order chi connectivity index (χ0) is 11.1. The normalized spacial score (nSPS) is 29.7. The van der Waals surface area contributed by atoms with Crippen molar-refractivity contribution in [2.75, 3.05) is 6.54 Å². The number of hydrogen-bond acceptors (Lipinski definition) is 2. The van der Waals surface area contributed by atoms with Gasteiger partial charge in [0.25, 0.3) is 0 Å². The predicted octanol–water partition coefficient (Wildman–Crippen LogP) is 1.53. The molecule has 15 heavy (non-hydrogen) atoms. The van der Waals surface area contributed by atoms with Crippen LogP contribution in [0.3, 0.4) is 0 Å².